The fourth-order valence-corrected chi connectivity index (χ4v) is 4.01. The van der Waals surface area contributed by atoms with Crippen molar-refractivity contribution in [3.05, 3.63) is 22.7 Å². The highest BCUT2D eigenvalue weighted by molar-refractivity contribution is 6.31. The maximum absolute atomic E-state index is 12.7. The van der Waals surface area contributed by atoms with Crippen LogP contribution in [0.5, 0.6) is 5.75 Å². The van der Waals surface area contributed by atoms with E-state index >= 15 is 0 Å². The van der Waals surface area contributed by atoms with Crippen molar-refractivity contribution in [3.8, 4) is 5.75 Å². The number of methoxy groups -OCH3 is 1. The highest BCUT2D eigenvalue weighted by Crippen LogP contribution is 2.41. The molecule has 5 heteroatoms. The molecule has 1 aromatic carbocycles. The summed E-state index contributed by atoms with van der Waals surface area (Å²) in [4.78, 5) is 24.8. The van der Waals surface area contributed by atoms with Gasteiger partial charge in [-0.2, -0.15) is 0 Å². The van der Waals surface area contributed by atoms with E-state index in [9.17, 15) is 9.59 Å². The number of rotatable bonds is 3. The molecule has 0 radical (unpaired) electrons. The van der Waals surface area contributed by atoms with Crippen LogP contribution in [0.15, 0.2) is 12.1 Å². The van der Waals surface area contributed by atoms with E-state index in [2.05, 4.69) is 5.32 Å². The van der Waals surface area contributed by atoms with Crippen molar-refractivity contribution < 1.29 is 14.3 Å². The summed E-state index contributed by atoms with van der Waals surface area (Å²) in [5, 5.41) is 3.58. The first kappa shape index (κ1) is 16.3. The Bertz CT molecular complexity index is 627. The summed E-state index contributed by atoms with van der Waals surface area (Å²) in [7, 11) is 1.56. The van der Waals surface area contributed by atoms with Gasteiger partial charge < -0.3 is 10.1 Å². The van der Waals surface area contributed by atoms with Crippen molar-refractivity contribution in [1.29, 1.82) is 0 Å². The zero-order valence-corrected chi connectivity index (χ0v) is 14.3. The van der Waals surface area contributed by atoms with E-state index < -0.39 is 0 Å². The molecule has 0 aliphatic heterocycles. The average Bonchev–Trinajstić information content (AvgIpc) is 2.50. The Morgan fingerprint density at radius 2 is 1.91 bits per heavy atom. The predicted molar refractivity (Wildman–Crippen MR) is 89.9 cm³/mol. The van der Waals surface area contributed by atoms with E-state index in [0.717, 1.165) is 24.8 Å². The van der Waals surface area contributed by atoms with Crippen molar-refractivity contribution in [2.24, 2.45) is 17.8 Å². The molecule has 124 valence electrons. The summed E-state index contributed by atoms with van der Waals surface area (Å²) < 4.78 is 5.31. The van der Waals surface area contributed by atoms with Crippen molar-refractivity contribution >= 4 is 29.0 Å². The van der Waals surface area contributed by atoms with Crippen molar-refractivity contribution in [3.63, 3.8) is 0 Å². The second kappa shape index (κ2) is 6.52. The molecule has 0 heterocycles. The molecule has 2 aliphatic rings. The Hall–Kier alpha value is -1.55. The normalized spacial score (nSPS) is 26.7. The molecule has 2 fully saturated rings. The van der Waals surface area contributed by atoms with Gasteiger partial charge in [-0.3, -0.25) is 9.59 Å². The van der Waals surface area contributed by atoms with E-state index in [0.29, 0.717) is 35.1 Å². The number of carbonyl (C=O) groups is 2. The van der Waals surface area contributed by atoms with Crippen molar-refractivity contribution in [2.75, 3.05) is 12.4 Å². The van der Waals surface area contributed by atoms with Gasteiger partial charge in [0.1, 0.15) is 11.5 Å². The van der Waals surface area contributed by atoms with Crippen LogP contribution < -0.4 is 10.1 Å². The molecule has 0 saturated heterocycles. The molecule has 2 saturated carbocycles. The number of Topliss-reactive ketones (excluding diaryl/α,β-unsaturated/α-hetero) is 1. The molecule has 1 N–H and O–H groups in total. The molecular weight excluding hydrogens is 314 g/mol. The minimum absolute atomic E-state index is 0.0191. The van der Waals surface area contributed by atoms with E-state index in [-0.39, 0.29) is 23.7 Å². The quantitative estimate of drug-likeness (QED) is 0.908. The van der Waals surface area contributed by atoms with E-state index in [1.165, 1.54) is 0 Å². The first-order valence-electron chi connectivity index (χ1n) is 8.18. The third-order valence-electron chi connectivity index (χ3n) is 5.16. The van der Waals surface area contributed by atoms with E-state index in [1.54, 1.807) is 13.2 Å². The van der Waals surface area contributed by atoms with Crippen LogP contribution in [0.1, 0.15) is 37.7 Å². The minimum atomic E-state index is -0.0938. The third kappa shape index (κ3) is 3.23. The van der Waals surface area contributed by atoms with Crippen molar-refractivity contribution in [2.45, 2.75) is 39.0 Å². The number of anilines is 1. The number of ether oxygens (including phenoxy) is 1. The molecule has 0 spiro atoms. The van der Waals surface area contributed by atoms with E-state index in [1.807, 2.05) is 13.0 Å². The lowest BCUT2D eigenvalue weighted by Gasteiger charge is -2.37. The summed E-state index contributed by atoms with van der Waals surface area (Å²) in [6.07, 6.45) is 4.33. The van der Waals surface area contributed by atoms with Gasteiger partial charge in [0.05, 0.1) is 12.8 Å². The molecule has 1 amide bonds. The zero-order valence-electron chi connectivity index (χ0n) is 13.5. The highest BCUT2D eigenvalue weighted by atomic mass is 35.5. The van der Waals surface area contributed by atoms with Gasteiger partial charge in [-0.25, -0.2) is 0 Å². The number of hydrogen-bond acceptors (Lipinski definition) is 3. The largest absolute Gasteiger partial charge is 0.495 e. The molecule has 0 aromatic heterocycles. The Morgan fingerprint density at radius 3 is 2.52 bits per heavy atom. The smallest absolute Gasteiger partial charge is 0.227 e. The SMILES string of the molecule is COc1cc(Cl)c(C)cc1NC(=O)C1CC2CCCC(C1)C2=O. The Morgan fingerprint density at radius 1 is 1.26 bits per heavy atom. The molecule has 3 rings (SSSR count). The van der Waals surface area contributed by atoms with Gasteiger partial charge in [0, 0.05) is 28.8 Å². The summed E-state index contributed by atoms with van der Waals surface area (Å²) in [6.45, 7) is 1.89. The molecule has 2 aliphatic carbocycles. The maximum atomic E-state index is 12.7. The van der Waals surface area contributed by atoms with Crippen LogP contribution in [-0.4, -0.2) is 18.8 Å². The number of ketones is 1. The maximum Gasteiger partial charge on any atom is 0.227 e. The number of benzene rings is 1. The second-order valence-corrected chi connectivity index (χ2v) is 7.09. The number of amides is 1. The monoisotopic (exact) mass is 335 g/mol. The Balaban J connectivity index is 1.75. The molecule has 23 heavy (non-hydrogen) atoms. The lowest BCUT2D eigenvalue weighted by Crippen LogP contribution is -2.40. The molecule has 1 aromatic rings. The number of halogens is 1. The third-order valence-corrected chi connectivity index (χ3v) is 5.56. The zero-order chi connectivity index (χ0) is 16.6. The van der Waals surface area contributed by atoms with Gasteiger partial charge in [0.25, 0.3) is 0 Å². The number of fused-ring (bicyclic) bond motifs is 2. The molecule has 2 unspecified atom stereocenters. The number of hydrogen-bond donors (Lipinski definition) is 1. The minimum Gasteiger partial charge on any atom is -0.495 e. The number of aryl methyl sites for hydroxylation is 1. The number of carbonyl (C=O) groups excluding carboxylic acids is 2. The fourth-order valence-electron chi connectivity index (χ4n) is 3.86. The van der Waals surface area contributed by atoms with Gasteiger partial charge in [-0.1, -0.05) is 18.0 Å². The first-order chi connectivity index (χ1) is 11.0. The van der Waals surface area contributed by atoms with Crippen LogP contribution in [0.4, 0.5) is 5.69 Å². The van der Waals surface area contributed by atoms with Crippen LogP contribution in [0.3, 0.4) is 0 Å². The fraction of sp³-hybridized carbons (Fsp3) is 0.556. The summed E-state index contributed by atoms with van der Waals surface area (Å²) in [5.41, 5.74) is 1.53. The van der Waals surface area contributed by atoms with Crippen LogP contribution in [0, 0.1) is 24.7 Å². The Labute approximate surface area is 141 Å². The lowest BCUT2D eigenvalue weighted by atomic mass is 9.67. The second-order valence-electron chi connectivity index (χ2n) is 6.69. The van der Waals surface area contributed by atoms with Crippen LogP contribution in [-0.2, 0) is 9.59 Å². The van der Waals surface area contributed by atoms with Crippen LogP contribution >= 0.6 is 11.6 Å². The lowest BCUT2D eigenvalue weighted by molar-refractivity contribution is -0.136. The summed E-state index contributed by atoms with van der Waals surface area (Å²) in [5.74, 6) is 0.971. The van der Waals surface area contributed by atoms with Gasteiger partial charge in [-0.05, 0) is 44.2 Å². The van der Waals surface area contributed by atoms with Gasteiger partial charge >= 0.3 is 0 Å². The van der Waals surface area contributed by atoms with E-state index in [4.69, 9.17) is 16.3 Å². The number of nitrogens with one attached hydrogen (secondary N) is 1. The average molecular weight is 336 g/mol. The topological polar surface area (TPSA) is 55.4 Å². The summed E-state index contributed by atoms with van der Waals surface area (Å²) >= 11 is 6.10. The highest BCUT2D eigenvalue weighted by Gasteiger charge is 2.41. The standard InChI is InChI=1S/C18H22ClNO3/c1-10-6-15(16(23-2)9-14(10)19)20-18(22)13-7-11-4-3-5-12(8-13)17(11)21/h6,9,11-13H,3-5,7-8H2,1-2H3,(H,20,22). The van der Waals surface area contributed by atoms with Gasteiger partial charge in [0.2, 0.25) is 5.91 Å². The van der Waals surface area contributed by atoms with Gasteiger partial charge in [0.15, 0.2) is 0 Å². The van der Waals surface area contributed by atoms with Gasteiger partial charge in [-0.15, -0.1) is 0 Å². The molecular formula is C18H22ClNO3. The molecule has 4 nitrogen and oxygen atoms in total. The van der Waals surface area contributed by atoms with Crippen LogP contribution in [0.2, 0.25) is 5.02 Å². The van der Waals surface area contributed by atoms with Crippen LogP contribution in [0.25, 0.3) is 0 Å². The molecule has 2 bridgehead atoms. The predicted octanol–water partition coefficient (Wildman–Crippen LogP) is 3.99. The summed E-state index contributed by atoms with van der Waals surface area (Å²) in [6, 6.07) is 3.54. The Kier molecular flexibility index (Phi) is 4.62. The first-order valence-corrected chi connectivity index (χ1v) is 8.56. The van der Waals surface area contributed by atoms with Crippen molar-refractivity contribution in [1.82, 2.24) is 0 Å². The molecule has 2 atom stereocenters.